The number of benzene rings is 1. The number of para-hydroxylation sites is 1. The highest BCUT2D eigenvalue weighted by Gasteiger charge is 2.07. The van der Waals surface area contributed by atoms with E-state index in [0.717, 1.165) is 24.3 Å². The van der Waals surface area contributed by atoms with Crippen molar-refractivity contribution in [3.63, 3.8) is 0 Å². The van der Waals surface area contributed by atoms with Gasteiger partial charge in [0.2, 0.25) is 0 Å². The first kappa shape index (κ1) is 12.6. The molecule has 18 heavy (non-hydrogen) atoms. The molecular weight excluding hydrogens is 228 g/mol. The molecule has 0 saturated heterocycles. The Morgan fingerprint density at radius 2 is 2.22 bits per heavy atom. The lowest BCUT2D eigenvalue weighted by Crippen LogP contribution is -2.05. The Hall–Kier alpha value is -1.81. The van der Waals surface area contributed by atoms with Crippen molar-refractivity contribution in [2.45, 2.75) is 26.0 Å². The standard InChI is InChI=1S/C14H18N2O2/c1-12(17)13-5-2-3-6-14(13)18-10-4-8-16-9-7-15-11-16/h2-3,5-7,9,11-12,17H,4,8,10H2,1H3/t12-/m1/s1. The summed E-state index contributed by atoms with van der Waals surface area (Å²) in [5.41, 5.74) is 0.833. The summed E-state index contributed by atoms with van der Waals surface area (Å²) in [6.07, 6.45) is 5.90. The molecule has 1 aromatic carbocycles. The van der Waals surface area contributed by atoms with Crippen molar-refractivity contribution in [3.05, 3.63) is 48.5 Å². The number of imidazole rings is 1. The average molecular weight is 246 g/mol. The largest absolute Gasteiger partial charge is 0.493 e. The van der Waals surface area contributed by atoms with Crippen LogP contribution in [0.1, 0.15) is 25.0 Å². The maximum atomic E-state index is 9.62. The molecule has 2 rings (SSSR count). The van der Waals surface area contributed by atoms with Crippen LogP contribution >= 0.6 is 0 Å². The summed E-state index contributed by atoms with van der Waals surface area (Å²) in [4.78, 5) is 3.99. The number of ether oxygens (including phenoxy) is 1. The van der Waals surface area contributed by atoms with Crippen LogP contribution in [0.4, 0.5) is 0 Å². The molecule has 0 fully saturated rings. The van der Waals surface area contributed by atoms with Crippen molar-refractivity contribution in [1.82, 2.24) is 9.55 Å². The van der Waals surface area contributed by atoms with Crippen molar-refractivity contribution in [2.24, 2.45) is 0 Å². The Morgan fingerprint density at radius 1 is 1.39 bits per heavy atom. The molecule has 4 nitrogen and oxygen atoms in total. The second-order valence-corrected chi connectivity index (χ2v) is 4.22. The van der Waals surface area contributed by atoms with E-state index in [1.807, 2.05) is 35.0 Å². The molecule has 96 valence electrons. The summed E-state index contributed by atoms with van der Waals surface area (Å²) in [5.74, 6) is 0.762. The van der Waals surface area contributed by atoms with Gasteiger partial charge >= 0.3 is 0 Å². The van der Waals surface area contributed by atoms with Gasteiger partial charge in [-0.1, -0.05) is 18.2 Å². The van der Waals surface area contributed by atoms with Gasteiger partial charge in [0, 0.05) is 24.5 Å². The van der Waals surface area contributed by atoms with Crippen molar-refractivity contribution >= 4 is 0 Å². The minimum absolute atomic E-state index is 0.505. The second kappa shape index (κ2) is 6.21. The van der Waals surface area contributed by atoms with Gasteiger partial charge in [-0.3, -0.25) is 0 Å². The first-order valence-corrected chi connectivity index (χ1v) is 6.13. The van der Waals surface area contributed by atoms with Crippen LogP contribution < -0.4 is 4.74 Å². The molecule has 0 bridgehead atoms. The molecule has 0 saturated carbocycles. The van der Waals surface area contributed by atoms with E-state index < -0.39 is 6.10 Å². The molecule has 0 unspecified atom stereocenters. The van der Waals surface area contributed by atoms with E-state index in [0.29, 0.717) is 6.61 Å². The molecular formula is C14H18N2O2. The second-order valence-electron chi connectivity index (χ2n) is 4.22. The zero-order valence-corrected chi connectivity index (χ0v) is 10.5. The minimum Gasteiger partial charge on any atom is -0.493 e. The molecule has 1 heterocycles. The molecule has 2 aromatic rings. The van der Waals surface area contributed by atoms with Gasteiger partial charge in [-0.15, -0.1) is 0 Å². The maximum absolute atomic E-state index is 9.62. The molecule has 1 N–H and O–H groups in total. The predicted octanol–water partition coefficient (Wildman–Crippen LogP) is 2.41. The average Bonchev–Trinajstić information content (AvgIpc) is 2.88. The van der Waals surface area contributed by atoms with E-state index in [2.05, 4.69) is 4.98 Å². The molecule has 0 aliphatic carbocycles. The maximum Gasteiger partial charge on any atom is 0.125 e. The molecule has 1 aromatic heterocycles. The van der Waals surface area contributed by atoms with Gasteiger partial charge in [-0.05, 0) is 19.4 Å². The van der Waals surface area contributed by atoms with Gasteiger partial charge in [0.15, 0.2) is 0 Å². The fourth-order valence-electron chi connectivity index (χ4n) is 1.81. The fraction of sp³-hybridized carbons (Fsp3) is 0.357. The van der Waals surface area contributed by atoms with Crippen LogP contribution in [0, 0.1) is 0 Å². The normalized spacial score (nSPS) is 12.3. The summed E-state index contributed by atoms with van der Waals surface area (Å²) in [7, 11) is 0. The molecule has 0 aliphatic heterocycles. The smallest absolute Gasteiger partial charge is 0.125 e. The van der Waals surface area contributed by atoms with E-state index in [9.17, 15) is 5.11 Å². The van der Waals surface area contributed by atoms with Crippen LogP contribution in [0.25, 0.3) is 0 Å². The third-order valence-electron chi connectivity index (χ3n) is 2.75. The summed E-state index contributed by atoms with van der Waals surface area (Å²) >= 11 is 0. The van der Waals surface area contributed by atoms with Crippen molar-refractivity contribution in [2.75, 3.05) is 6.61 Å². The van der Waals surface area contributed by atoms with Crippen LogP contribution in [-0.2, 0) is 6.54 Å². The molecule has 0 spiro atoms. The first-order valence-electron chi connectivity index (χ1n) is 6.13. The van der Waals surface area contributed by atoms with E-state index >= 15 is 0 Å². The molecule has 1 atom stereocenters. The Labute approximate surface area is 107 Å². The van der Waals surface area contributed by atoms with Crippen molar-refractivity contribution in [1.29, 1.82) is 0 Å². The van der Waals surface area contributed by atoms with Crippen molar-refractivity contribution in [3.8, 4) is 5.75 Å². The number of hydrogen-bond donors (Lipinski definition) is 1. The van der Waals surface area contributed by atoms with Gasteiger partial charge in [0.25, 0.3) is 0 Å². The SMILES string of the molecule is C[C@@H](O)c1ccccc1OCCCn1ccnc1. The molecule has 4 heteroatoms. The number of nitrogens with zero attached hydrogens (tertiary/aromatic N) is 2. The highest BCUT2D eigenvalue weighted by Crippen LogP contribution is 2.24. The van der Waals surface area contributed by atoms with Gasteiger partial charge in [0.05, 0.1) is 19.0 Å². The number of aliphatic hydroxyl groups excluding tert-OH is 1. The number of aryl methyl sites for hydroxylation is 1. The summed E-state index contributed by atoms with van der Waals surface area (Å²) in [6, 6.07) is 7.59. The monoisotopic (exact) mass is 246 g/mol. The van der Waals surface area contributed by atoms with Gasteiger partial charge in [-0.2, -0.15) is 0 Å². The van der Waals surface area contributed by atoms with E-state index in [1.165, 1.54) is 0 Å². The first-order chi connectivity index (χ1) is 8.77. The molecule has 0 radical (unpaired) electrons. The van der Waals surface area contributed by atoms with Crippen LogP contribution in [0.2, 0.25) is 0 Å². The number of hydrogen-bond acceptors (Lipinski definition) is 3. The van der Waals surface area contributed by atoms with Crippen molar-refractivity contribution < 1.29 is 9.84 Å². The summed E-state index contributed by atoms with van der Waals surface area (Å²) in [5, 5.41) is 9.62. The Bertz CT molecular complexity index is 466. The van der Waals surface area contributed by atoms with Gasteiger partial charge < -0.3 is 14.4 Å². The highest BCUT2D eigenvalue weighted by molar-refractivity contribution is 5.34. The zero-order chi connectivity index (χ0) is 12.8. The zero-order valence-electron chi connectivity index (χ0n) is 10.5. The minimum atomic E-state index is -0.505. The Balaban J connectivity index is 1.83. The Kier molecular flexibility index (Phi) is 4.36. The molecule has 0 amide bonds. The number of aromatic nitrogens is 2. The third-order valence-corrected chi connectivity index (χ3v) is 2.75. The summed E-state index contributed by atoms with van der Waals surface area (Å²) < 4.78 is 7.72. The van der Waals surface area contributed by atoms with Gasteiger partial charge in [-0.25, -0.2) is 4.98 Å². The lowest BCUT2D eigenvalue weighted by atomic mass is 10.1. The quantitative estimate of drug-likeness (QED) is 0.796. The van der Waals surface area contributed by atoms with Crippen LogP contribution in [0.5, 0.6) is 5.75 Å². The van der Waals surface area contributed by atoms with E-state index in [1.54, 1.807) is 19.4 Å². The number of rotatable bonds is 6. The summed E-state index contributed by atoms with van der Waals surface area (Å²) in [6.45, 7) is 3.26. The Morgan fingerprint density at radius 3 is 2.94 bits per heavy atom. The van der Waals surface area contributed by atoms with E-state index in [4.69, 9.17) is 4.74 Å². The number of aliphatic hydroxyl groups is 1. The topological polar surface area (TPSA) is 47.3 Å². The van der Waals surface area contributed by atoms with Crippen LogP contribution in [0.3, 0.4) is 0 Å². The lowest BCUT2D eigenvalue weighted by Gasteiger charge is -2.13. The third kappa shape index (κ3) is 3.34. The highest BCUT2D eigenvalue weighted by atomic mass is 16.5. The molecule has 0 aliphatic rings. The fourth-order valence-corrected chi connectivity index (χ4v) is 1.81. The van der Waals surface area contributed by atoms with Gasteiger partial charge in [0.1, 0.15) is 5.75 Å². The lowest BCUT2D eigenvalue weighted by molar-refractivity contribution is 0.190. The van der Waals surface area contributed by atoms with Crippen LogP contribution in [-0.4, -0.2) is 21.3 Å². The predicted molar refractivity (Wildman–Crippen MR) is 69.4 cm³/mol. The van der Waals surface area contributed by atoms with E-state index in [-0.39, 0.29) is 0 Å². The van der Waals surface area contributed by atoms with Crippen LogP contribution in [0.15, 0.2) is 43.0 Å².